The molecule has 0 amide bonds. The SMILES string of the molecule is CCC1CCC(Cl)(C#N)C1. The normalized spacial score (nSPS) is 39.5. The molecule has 1 aliphatic carbocycles. The molecule has 2 heteroatoms. The summed E-state index contributed by atoms with van der Waals surface area (Å²) in [5.41, 5.74) is 0. The van der Waals surface area contributed by atoms with E-state index in [9.17, 15) is 0 Å². The Morgan fingerprint density at radius 2 is 2.50 bits per heavy atom. The van der Waals surface area contributed by atoms with E-state index in [0.717, 1.165) is 25.7 Å². The van der Waals surface area contributed by atoms with E-state index in [2.05, 4.69) is 13.0 Å². The second-order valence-corrected chi connectivity index (χ2v) is 3.82. The van der Waals surface area contributed by atoms with E-state index in [1.807, 2.05) is 0 Å². The summed E-state index contributed by atoms with van der Waals surface area (Å²) in [5.74, 6) is 0.692. The van der Waals surface area contributed by atoms with Gasteiger partial charge in [0.2, 0.25) is 0 Å². The van der Waals surface area contributed by atoms with Crippen molar-refractivity contribution in [1.82, 2.24) is 0 Å². The van der Waals surface area contributed by atoms with E-state index in [4.69, 9.17) is 16.9 Å². The summed E-state index contributed by atoms with van der Waals surface area (Å²) >= 11 is 5.97. The lowest BCUT2D eigenvalue weighted by Crippen LogP contribution is -2.12. The highest BCUT2D eigenvalue weighted by Gasteiger charge is 2.36. The number of nitriles is 1. The Bertz CT molecular complexity index is 161. The van der Waals surface area contributed by atoms with Crippen LogP contribution >= 0.6 is 11.6 Å². The Morgan fingerprint density at radius 1 is 1.80 bits per heavy atom. The maximum absolute atomic E-state index is 8.66. The van der Waals surface area contributed by atoms with E-state index in [0.29, 0.717) is 5.92 Å². The van der Waals surface area contributed by atoms with Gasteiger partial charge >= 0.3 is 0 Å². The minimum atomic E-state index is -0.513. The summed E-state index contributed by atoms with van der Waals surface area (Å²) < 4.78 is 0. The Labute approximate surface area is 67.0 Å². The Balaban J connectivity index is 2.51. The lowest BCUT2D eigenvalue weighted by atomic mass is 10.0. The quantitative estimate of drug-likeness (QED) is 0.537. The minimum Gasteiger partial charge on any atom is -0.196 e. The molecule has 1 fully saturated rings. The third-order valence-electron chi connectivity index (χ3n) is 2.34. The smallest absolute Gasteiger partial charge is 0.131 e. The standard InChI is InChI=1S/C8H12ClN/c1-2-7-3-4-8(9,5-7)6-10/h7H,2-5H2,1H3. The highest BCUT2D eigenvalue weighted by molar-refractivity contribution is 6.26. The van der Waals surface area contributed by atoms with Crippen molar-refractivity contribution in [3.63, 3.8) is 0 Å². The first-order valence-corrected chi connectivity index (χ1v) is 4.18. The summed E-state index contributed by atoms with van der Waals surface area (Å²) in [6.45, 7) is 2.16. The van der Waals surface area contributed by atoms with Crippen molar-refractivity contribution in [2.24, 2.45) is 5.92 Å². The molecule has 56 valence electrons. The molecule has 0 aromatic heterocycles. The molecule has 0 saturated heterocycles. The van der Waals surface area contributed by atoms with Gasteiger partial charge in [0.1, 0.15) is 4.87 Å². The van der Waals surface area contributed by atoms with Crippen LogP contribution < -0.4 is 0 Å². The van der Waals surface area contributed by atoms with Gasteiger partial charge in [-0.05, 0) is 25.2 Å². The number of halogens is 1. The predicted octanol–water partition coefficient (Wildman–Crippen LogP) is 2.70. The van der Waals surface area contributed by atoms with E-state index in [1.165, 1.54) is 0 Å². The molecule has 10 heavy (non-hydrogen) atoms. The topological polar surface area (TPSA) is 23.8 Å². The molecule has 1 rings (SSSR count). The van der Waals surface area contributed by atoms with Crippen molar-refractivity contribution >= 4 is 11.6 Å². The maximum atomic E-state index is 8.66. The fraction of sp³-hybridized carbons (Fsp3) is 0.875. The van der Waals surface area contributed by atoms with Gasteiger partial charge in [0, 0.05) is 0 Å². The van der Waals surface area contributed by atoms with Crippen molar-refractivity contribution in [2.45, 2.75) is 37.5 Å². The van der Waals surface area contributed by atoms with Gasteiger partial charge < -0.3 is 0 Å². The van der Waals surface area contributed by atoms with E-state index < -0.39 is 4.87 Å². The molecule has 2 unspecified atom stereocenters. The van der Waals surface area contributed by atoms with Crippen LogP contribution in [0.2, 0.25) is 0 Å². The predicted molar refractivity (Wildman–Crippen MR) is 41.8 cm³/mol. The van der Waals surface area contributed by atoms with Crippen LogP contribution in [0.5, 0.6) is 0 Å². The summed E-state index contributed by atoms with van der Waals surface area (Å²) in [5, 5.41) is 8.66. The Hall–Kier alpha value is -0.220. The molecule has 0 aromatic rings. The van der Waals surface area contributed by atoms with Crippen molar-refractivity contribution in [3.05, 3.63) is 0 Å². The van der Waals surface area contributed by atoms with Gasteiger partial charge in [0.05, 0.1) is 6.07 Å². The highest BCUT2D eigenvalue weighted by Crippen LogP contribution is 2.40. The number of nitrogens with zero attached hydrogens (tertiary/aromatic N) is 1. The minimum absolute atomic E-state index is 0.513. The lowest BCUT2D eigenvalue weighted by Gasteiger charge is -2.09. The zero-order valence-corrected chi connectivity index (χ0v) is 6.99. The number of rotatable bonds is 1. The molecule has 0 aromatic carbocycles. The first-order chi connectivity index (χ1) is 4.70. The molecular formula is C8H12ClN. The molecule has 0 radical (unpaired) electrons. The van der Waals surface area contributed by atoms with E-state index in [1.54, 1.807) is 0 Å². The van der Waals surface area contributed by atoms with Crippen LogP contribution in [0.4, 0.5) is 0 Å². The van der Waals surface area contributed by atoms with Crippen LogP contribution in [0.3, 0.4) is 0 Å². The van der Waals surface area contributed by atoms with Crippen LogP contribution in [0.25, 0.3) is 0 Å². The maximum Gasteiger partial charge on any atom is 0.131 e. The average molecular weight is 158 g/mol. The van der Waals surface area contributed by atoms with Crippen LogP contribution in [0, 0.1) is 17.2 Å². The Morgan fingerprint density at radius 3 is 2.80 bits per heavy atom. The van der Waals surface area contributed by atoms with Crippen LogP contribution in [-0.2, 0) is 0 Å². The van der Waals surface area contributed by atoms with Crippen LogP contribution in [0.15, 0.2) is 0 Å². The third-order valence-corrected chi connectivity index (χ3v) is 2.77. The molecular weight excluding hydrogens is 146 g/mol. The monoisotopic (exact) mass is 157 g/mol. The van der Waals surface area contributed by atoms with Gasteiger partial charge in [0.15, 0.2) is 0 Å². The van der Waals surface area contributed by atoms with Crippen molar-refractivity contribution in [3.8, 4) is 6.07 Å². The molecule has 0 aliphatic heterocycles. The fourth-order valence-electron chi connectivity index (χ4n) is 1.54. The van der Waals surface area contributed by atoms with Gasteiger partial charge in [-0.15, -0.1) is 11.6 Å². The number of alkyl halides is 1. The van der Waals surface area contributed by atoms with Gasteiger partial charge in [-0.3, -0.25) is 0 Å². The van der Waals surface area contributed by atoms with Crippen LogP contribution in [-0.4, -0.2) is 4.87 Å². The molecule has 0 heterocycles. The Kier molecular flexibility index (Phi) is 2.21. The van der Waals surface area contributed by atoms with Crippen molar-refractivity contribution in [2.75, 3.05) is 0 Å². The summed E-state index contributed by atoms with van der Waals surface area (Å²) in [7, 11) is 0. The van der Waals surface area contributed by atoms with Gasteiger partial charge in [0.25, 0.3) is 0 Å². The van der Waals surface area contributed by atoms with Gasteiger partial charge in [-0.25, -0.2) is 0 Å². The zero-order chi connectivity index (χ0) is 7.61. The molecule has 1 saturated carbocycles. The van der Waals surface area contributed by atoms with Gasteiger partial charge in [-0.2, -0.15) is 5.26 Å². The fourth-order valence-corrected chi connectivity index (χ4v) is 1.87. The molecule has 0 bridgehead atoms. The summed E-state index contributed by atoms with van der Waals surface area (Å²) in [4.78, 5) is -0.513. The second-order valence-electron chi connectivity index (χ2n) is 3.09. The number of hydrogen-bond acceptors (Lipinski definition) is 1. The van der Waals surface area contributed by atoms with Crippen molar-refractivity contribution in [1.29, 1.82) is 5.26 Å². The first-order valence-electron chi connectivity index (χ1n) is 3.80. The molecule has 1 nitrogen and oxygen atoms in total. The summed E-state index contributed by atoms with van der Waals surface area (Å²) in [6, 6.07) is 2.17. The largest absolute Gasteiger partial charge is 0.196 e. The lowest BCUT2D eigenvalue weighted by molar-refractivity contribution is 0.523. The van der Waals surface area contributed by atoms with E-state index >= 15 is 0 Å². The third kappa shape index (κ3) is 1.44. The van der Waals surface area contributed by atoms with E-state index in [-0.39, 0.29) is 0 Å². The zero-order valence-electron chi connectivity index (χ0n) is 6.23. The number of hydrogen-bond donors (Lipinski definition) is 0. The highest BCUT2D eigenvalue weighted by atomic mass is 35.5. The second kappa shape index (κ2) is 2.80. The first kappa shape index (κ1) is 7.88. The average Bonchev–Trinajstić information content (AvgIpc) is 2.33. The molecule has 2 atom stereocenters. The molecule has 0 spiro atoms. The van der Waals surface area contributed by atoms with Crippen molar-refractivity contribution < 1.29 is 0 Å². The molecule has 1 aliphatic rings. The van der Waals surface area contributed by atoms with Crippen LogP contribution in [0.1, 0.15) is 32.6 Å². The molecule has 0 N–H and O–H groups in total. The van der Waals surface area contributed by atoms with Gasteiger partial charge in [-0.1, -0.05) is 13.3 Å². The summed E-state index contributed by atoms with van der Waals surface area (Å²) in [6.07, 6.45) is 4.06.